The molecule has 7 heteroatoms. The highest BCUT2D eigenvalue weighted by Crippen LogP contribution is 2.35. The van der Waals surface area contributed by atoms with Gasteiger partial charge in [0.1, 0.15) is 5.75 Å². The predicted molar refractivity (Wildman–Crippen MR) is 120 cm³/mol. The number of carbonyl (C=O) groups is 2. The fourth-order valence-electron chi connectivity index (χ4n) is 3.23. The van der Waals surface area contributed by atoms with Gasteiger partial charge in [-0.25, -0.2) is 0 Å². The summed E-state index contributed by atoms with van der Waals surface area (Å²) in [4.78, 5) is 26.7. The number of benzene rings is 3. The first-order valence-corrected chi connectivity index (χ1v) is 10.3. The molecule has 1 heterocycles. The maximum atomic E-state index is 12.8. The Hall–Kier alpha value is -3.71. The monoisotopic (exact) mass is 433 g/mol. The van der Waals surface area contributed by atoms with E-state index in [9.17, 15) is 19.8 Å². The number of phenolic OH excluding ortho intramolecular Hbond substituents is 2. The normalized spacial score (nSPS) is 15.0. The molecule has 0 aliphatic carbocycles. The van der Waals surface area contributed by atoms with Crippen LogP contribution in [0.25, 0.3) is 17.2 Å². The second-order valence-electron chi connectivity index (χ2n) is 6.94. The van der Waals surface area contributed by atoms with E-state index in [-0.39, 0.29) is 28.2 Å². The number of rotatable bonds is 5. The van der Waals surface area contributed by atoms with Crippen molar-refractivity contribution >= 4 is 29.0 Å². The second-order valence-corrected chi connectivity index (χ2v) is 7.94. The summed E-state index contributed by atoms with van der Waals surface area (Å²) in [5, 5.41) is 18.7. The number of nitrogens with zero attached hydrogens (tertiary/aromatic N) is 1. The fraction of sp³-hybridized carbons (Fsp3) is 0.0833. The lowest BCUT2D eigenvalue weighted by molar-refractivity contribution is -0.123. The standard InChI is InChI=1S/C24H19NO5S/c1-30-19-8-6-17(7-9-19)18-4-2-3-16(11-18)14-25-23(28)22(31-24(25)29)13-15-5-10-20(26)21(27)12-15/h2-13,26-27H,14H2,1H3/b22-13-. The Morgan fingerprint density at radius 2 is 1.71 bits per heavy atom. The lowest BCUT2D eigenvalue weighted by Gasteiger charge is -2.13. The number of imide groups is 1. The van der Waals surface area contributed by atoms with Crippen LogP contribution in [0.3, 0.4) is 0 Å². The first-order valence-electron chi connectivity index (χ1n) is 9.45. The predicted octanol–water partition coefficient (Wildman–Crippen LogP) is 5.01. The Kier molecular flexibility index (Phi) is 5.68. The Morgan fingerprint density at radius 1 is 0.935 bits per heavy atom. The Balaban J connectivity index is 1.54. The Bertz CT molecular complexity index is 1190. The molecule has 0 radical (unpaired) electrons. The van der Waals surface area contributed by atoms with Crippen molar-refractivity contribution in [3.05, 3.63) is 82.8 Å². The highest BCUT2D eigenvalue weighted by Gasteiger charge is 2.35. The first kappa shape index (κ1) is 20.6. The molecule has 4 rings (SSSR count). The zero-order valence-electron chi connectivity index (χ0n) is 16.6. The van der Waals surface area contributed by atoms with E-state index in [0.717, 1.165) is 34.2 Å². The molecule has 3 aromatic carbocycles. The summed E-state index contributed by atoms with van der Waals surface area (Å²) in [6, 6.07) is 19.6. The van der Waals surface area contributed by atoms with Crippen molar-refractivity contribution in [1.82, 2.24) is 4.90 Å². The van der Waals surface area contributed by atoms with Crippen molar-refractivity contribution in [2.75, 3.05) is 7.11 Å². The van der Waals surface area contributed by atoms with Crippen LogP contribution in [-0.2, 0) is 11.3 Å². The smallest absolute Gasteiger partial charge is 0.293 e. The molecule has 2 N–H and O–H groups in total. The number of amides is 2. The molecule has 0 saturated carbocycles. The van der Waals surface area contributed by atoms with Gasteiger partial charge in [-0.3, -0.25) is 14.5 Å². The third-order valence-electron chi connectivity index (χ3n) is 4.86. The SMILES string of the molecule is COc1ccc(-c2cccc(CN3C(=O)S/C(=C\c4ccc(O)c(O)c4)C3=O)c2)cc1. The molecule has 1 saturated heterocycles. The summed E-state index contributed by atoms with van der Waals surface area (Å²) in [6.45, 7) is 0.160. The maximum absolute atomic E-state index is 12.8. The molecular weight excluding hydrogens is 414 g/mol. The largest absolute Gasteiger partial charge is 0.504 e. The molecule has 156 valence electrons. The molecule has 0 unspecified atom stereocenters. The van der Waals surface area contributed by atoms with Gasteiger partial charge in [-0.2, -0.15) is 0 Å². The molecule has 1 fully saturated rings. The van der Waals surface area contributed by atoms with Crippen molar-refractivity contribution in [2.24, 2.45) is 0 Å². The highest BCUT2D eigenvalue weighted by molar-refractivity contribution is 8.18. The van der Waals surface area contributed by atoms with E-state index in [1.807, 2.05) is 48.5 Å². The number of ether oxygens (including phenoxy) is 1. The summed E-state index contributed by atoms with van der Waals surface area (Å²) >= 11 is 0.851. The van der Waals surface area contributed by atoms with E-state index in [4.69, 9.17) is 4.74 Å². The van der Waals surface area contributed by atoms with E-state index >= 15 is 0 Å². The van der Waals surface area contributed by atoms with E-state index in [2.05, 4.69) is 0 Å². The average molecular weight is 433 g/mol. The van der Waals surface area contributed by atoms with Gasteiger partial charge in [0.15, 0.2) is 11.5 Å². The van der Waals surface area contributed by atoms with Crippen molar-refractivity contribution < 1.29 is 24.5 Å². The van der Waals surface area contributed by atoms with Crippen molar-refractivity contribution in [2.45, 2.75) is 6.54 Å². The van der Waals surface area contributed by atoms with Gasteiger partial charge >= 0.3 is 0 Å². The van der Waals surface area contributed by atoms with Gasteiger partial charge in [0, 0.05) is 0 Å². The Morgan fingerprint density at radius 3 is 2.42 bits per heavy atom. The van der Waals surface area contributed by atoms with Gasteiger partial charge in [-0.15, -0.1) is 0 Å². The second kappa shape index (κ2) is 8.57. The van der Waals surface area contributed by atoms with Crippen LogP contribution in [-0.4, -0.2) is 33.4 Å². The van der Waals surface area contributed by atoms with E-state index < -0.39 is 5.91 Å². The maximum Gasteiger partial charge on any atom is 0.293 e. The number of hydrogen-bond acceptors (Lipinski definition) is 6. The summed E-state index contributed by atoms with van der Waals surface area (Å²) in [5.74, 6) is -0.158. The van der Waals surface area contributed by atoms with Gasteiger partial charge in [0.05, 0.1) is 18.6 Å². The summed E-state index contributed by atoms with van der Waals surface area (Å²) in [7, 11) is 1.62. The zero-order chi connectivity index (χ0) is 22.0. The topological polar surface area (TPSA) is 87.1 Å². The third-order valence-corrected chi connectivity index (χ3v) is 5.77. The molecular formula is C24H19NO5S. The van der Waals surface area contributed by atoms with Crippen LogP contribution in [0.4, 0.5) is 4.79 Å². The quantitative estimate of drug-likeness (QED) is 0.434. The van der Waals surface area contributed by atoms with Crippen LogP contribution < -0.4 is 4.74 Å². The van der Waals surface area contributed by atoms with Crippen LogP contribution >= 0.6 is 11.8 Å². The van der Waals surface area contributed by atoms with Gasteiger partial charge < -0.3 is 14.9 Å². The molecule has 0 bridgehead atoms. The summed E-state index contributed by atoms with van der Waals surface area (Å²) < 4.78 is 5.19. The van der Waals surface area contributed by atoms with Crippen molar-refractivity contribution in [3.8, 4) is 28.4 Å². The molecule has 0 atom stereocenters. The number of methoxy groups -OCH3 is 1. The molecule has 1 aliphatic heterocycles. The lowest BCUT2D eigenvalue weighted by atomic mass is 10.0. The molecule has 0 spiro atoms. The Labute approximate surface area is 183 Å². The van der Waals surface area contributed by atoms with Gasteiger partial charge in [-0.1, -0.05) is 36.4 Å². The van der Waals surface area contributed by atoms with Crippen LogP contribution in [0.2, 0.25) is 0 Å². The lowest BCUT2D eigenvalue weighted by Crippen LogP contribution is -2.27. The fourth-order valence-corrected chi connectivity index (χ4v) is 4.07. The number of hydrogen-bond donors (Lipinski definition) is 2. The third kappa shape index (κ3) is 4.41. The minimum absolute atomic E-state index is 0.160. The van der Waals surface area contributed by atoms with Crippen molar-refractivity contribution in [1.29, 1.82) is 0 Å². The number of carbonyl (C=O) groups excluding carboxylic acids is 2. The van der Waals surface area contributed by atoms with Crippen LogP contribution in [0.15, 0.2) is 71.6 Å². The molecule has 3 aromatic rings. The molecule has 0 aromatic heterocycles. The van der Waals surface area contributed by atoms with E-state index in [1.165, 1.54) is 23.1 Å². The van der Waals surface area contributed by atoms with Crippen LogP contribution in [0.1, 0.15) is 11.1 Å². The molecule has 1 aliphatic rings. The van der Waals surface area contributed by atoms with Gasteiger partial charge in [0.25, 0.3) is 11.1 Å². The zero-order valence-corrected chi connectivity index (χ0v) is 17.4. The molecule has 6 nitrogen and oxygen atoms in total. The minimum Gasteiger partial charge on any atom is -0.504 e. The summed E-state index contributed by atoms with van der Waals surface area (Å²) in [5.41, 5.74) is 3.33. The molecule has 2 amide bonds. The minimum atomic E-state index is -0.391. The van der Waals surface area contributed by atoms with Crippen LogP contribution in [0.5, 0.6) is 17.2 Å². The highest BCUT2D eigenvalue weighted by atomic mass is 32.2. The van der Waals surface area contributed by atoms with Crippen LogP contribution in [0, 0.1) is 0 Å². The van der Waals surface area contributed by atoms with E-state index in [0.29, 0.717) is 5.56 Å². The number of phenols is 2. The van der Waals surface area contributed by atoms with Gasteiger partial charge in [0.2, 0.25) is 0 Å². The van der Waals surface area contributed by atoms with Gasteiger partial charge in [-0.05, 0) is 70.4 Å². The van der Waals surface area contributed by atoms with Crippen molar-refractivity contribution in [3.63, 3.8) is 0 Å². The van der Waals surface area contributed by atoms with E-state index in [1.54, 1.807) is 13.2 Å². The molecule has 31 heavy (non-hydrogen) atoms. The average Bonchev–Trinajstić information content (AvgIpc) is 3.04. The summed E-state index contributed by atoms with van der Waals surface area (Å²) in [6.07, 6.45) is 1.53. The number of thioether (sulfide) groups is 1. The number of aromatic hydroxyl groups is 2. The first-order chi connectivity index (χ1) is 14.9.